The van der Waals surface area contributed by atoms with Crippen LogP contribution in [0.4, 0.5) is 0 Å². The van der Waals surface area contributed by atoms with E-state index in [4.69, 9.17) is 11.5 Å². The summed E-state index contributed by atoms with van der Waals surface area (Å²) in [6, 6.07) is -0.162. The van der Waals surface area contributed by atoms with E-state index < -0.39 is 5.91 Å². The Kier molecular flexibility index (Phi) is 2.37. The maximum Gasteiger partial charge on any atom is 0.239 e. The zero-order valence-corrected chi connectivity index (χ0v) is 4.27. The minimum absolute atomic E-state index is 0.162. The molecule has 0 spiro atoms. The lowest BCUT2D eigenvalue weighted by atomic mass is 10.2. The van der Waals surface area contributed by atoms with Crippen LogP contribution in [-0.4, -0.2) is 11.9 Å². The van der Waals surface area contributed by atoms with Gasteiger partial charge in [-0.15, -0.1) is 0 Å². The highest BCUT2D eigenvalue weighted by Crippen LogP contribution is 1.81. The first-order chi connectivity index (χ1) is 3.13. The fourth-order valence-corrected chi connectivity index (χ4v) is 0.292. The molecule has 0 aliphatic heterocycles. The van der Waals surface area contributed by atoms with Crippen molar-refractivity contribution < 1.29 is 4.79 Å². The number of amides is 1. The largest absolute Gasteiger partial charge is 0.327 e. The molecule has 1 radical (unpaired) electrons. The molecule has 1 atom stereocenters. The van der Waals surface area contributed by atoms with Crippen LogP contribution in [0, 0.1) is 0 Å². The Bertz CT molecular complexity index is 70.1. The normalized spacial score (nSPS) is 13.4. The topological polar surface area (TPSA) is 66.9 Å². The highest BCUT2D eigenvalue weighted by Gasteiger charge is 1.97. The minimum atomic E-state index is -0.588. The van der Waals surface area contributed by atoms with E-state index in [2.05, 4.69) is 0 Å². The molecule has 0 saturated carbocycles. The summed E-state index contributed by atoms with van der Waals surface area (Å²) in [6.07, 6.45) is 0.167. The number of hydrogen-bond acceptors (Lipinski definition) is 2. The van der Waals surface area contributed by atoms with Gasteiger partial charge < -0.3 is 5.73 Å². The van der Waals surface area contributed by atoms with Gasteiger partial charge >= 0.3 is 0 Å². The fourth-order valence-electron chi connectivity index (χ4n) is 0.292. The lowest BCUT2D eigenvalue weighted by Crippen LogP contribution is -2.19. The van der Waals surface area contributed by atoms with E-state index >= 15 is 0 Å². The molecule has 3 heteroatoms. The second-order valence-electron chi connectivity index (χ2n) is 1.60. The fraction of sp³-hybridized carbons (Fsp3) is 0.750. The van der Waals surface area contributed by atoms with Gasteiger partial charge in [0.25, 0.3) is 0 Å². The maximum absolute atomic E-state index is 9.84. The highest BCUT2D eigenvalue weighted by atomic mass is 16.1. The average Bonchev–Trinajstić information content (AvgIpc) is 1.27. The summed E-state index contributed by atoms with van der Waals surface area (Å²) >= 11 is 0. The van der Waals surface area contributed by atoms with Crippen LogP contribution in [0.25, 0.3) is 0 Å². The number of hydrogen-bond donors (Lipinski definition) is 1. The lowest BCUT2D eigenvalue weighted by molar-refractivity contribution is -0.118. The first-order valence-electron chi connectivity index (χ1n) is 2.13. The van der Waals surface area contributed by atoms with Gasteiger partial charge in [-0.05, 0) is 6.92 Å². The average molecular weight is 101 g/mol. The van der Waals surface area contributed by atoms with Crippen molar-refractivity contribution in [3.8, 4) is 0 Å². The van der Waals surface area contributed by atoms with Gasteiger partial charge in [0.2, 0.25) is 5.91 Å². The molecule has 0 rings (SSSR count). The third-order valence-corrected chi connectivity index (χ3v) is 0.507. The smallest absolute Gasteiger partial charge is 0.239 e. The predicted molar refractivity (Wildman–Crippen MR) is 26.4 cm³/mol. The van der Waals surface area contributed by atoms with Crippen molar-refractivity contribution in [2.24, 2.45) is 5.73 Å². The van der Waals surface area contributed by atoms with Crippen LogP contribution in [0.5, 0.6) is 0 Å². The molecule has 0 aliphatic carbocycles. The Labute approximate surface area is 42.7 Å². The molecule has 41 valence electrons. The van der Waals surface area contributed by atoms with Gasteiger partial charge in [0.05, 0.1) is 0 Å². The van der Waals surface area contributed by atoms with Crippen LogP contribution in [0.15, 0.2) is 0 Å². The molecule has 0 heterocycles. The van der Waals surface area contributed by atoms with Crippen LogP contribution in [0.3, 0.4) is 0 Å². The summed E-state index contributed by atoms with van der Waals surface area (Å²) in [5, 5.41) is 0. The molecule has 1 amide bonds. The molecule has 0 aromatic heterocycles. The first kappa shape index (κ1) is 6.43. The lowest BCUT2D eigenvalue weighted by Gasteiger charge is -1.95. The van der Waals surface area contributed by atoms with Crippen LogP contribution in [0.1, 0.15) is 13.3 Å². The van der Waals surface area contributed by atoms with E-state index in [0.29, 0.717) is 0 Å². The Morgan fingerprint density at radius 2 is 2.43 bits per heavy atom. The van der Waals surface area contributed by atoms with Gasteiger partial charge in [-0.3, -0.25) is 10.5 Å². The van der Waals surface area contributed by atoms with Gasteiger partial charge in [0, 0.05) is 12.5 Å². The Hall–Kier alpha value is -0.570. The zero-order valence-electron chi connectivity index (χ0n) is 4.27. The van der Waals surface area contributed by atoms with Crippen molar-refractivity contribution in [3.63, 3.8) is 0 Å². The zero-order chi connectivity index (χ0) is 5.86. The number of nitrogens with two attached hydrogens (primary N) is 1. The number of rotatable bonds is 2. The van der Waals surface area contributed by atoms with Crippen molar-refractivity contribution in [2.45, 2.75) is 19.4 Å². The molecule has 3 nitrogen and oxygen atoms in total. The summed E-state index contributed by atoms with van der Waals surface area (Å²) in [6.45, 7) is 1.70. The van der Waals surface area contributed by atoms with Crippen LogP contribution in [0.2, 0.25) is 0 Å². The second kappa shape index (κ2) is 2.58. The minimum Gasteiger partial charge on any atom is -0.327 e. The quantitative estimate of drug-likeness (QED) is 0.511. The monoisotopic (exact) mass is 101 g/mol. The molecule has 0 aromatic rings. The Balaban J connectivity index is 3.13. The molecular formula is C4H9N2O. The summed E-state index contributed by atoms with van der Waals surface area (Å²) < 4.78 is 0. The molecule has 0 fully saturated rings. The van der Waals surface area contributed by atoms with E-state index in [9.17, 15) is 4.79 Å². The van der Waals surface area contributed by atoms with Gasteiger partial charge in [0.15, 0.2) is 0 Å². The van der Waals surface area contributed by atoms with Crippen molar-refractivity contribution >= 4 is 5.91 Å². The first-order valence-corrected chi connectivity index (χ1v) is 2.13. The molecular weight excluding hydrogens is 92.1 g/mol. The SMILES string of the molecule is CC(N)CC([NH])=O. The Morgan fingerprint density at radius 1 is 2.00 bits per heavy atom. The Morgan fingerprint density at radius 3 is 2.43 bits per heavy atom. The van der Waals surface area contributed by atoms with E-state index in [1.165, 1.54) is 0 Å². The highest BCUT2D eigenvalue weighted by molar-refractivity contribution is 5.73. The van der Waals surface area contributed by atoms with Gasteiger partial charge in [-0.25, -0.2) is 0 Å². The van der Waals surface area contributed by atoms with E-state index in [-0.39, 0.29) is 12.5 Å². The molecule has 0 saturated heterocycles. The van der Waals surface area contributed by atoms with Crippen LogP contribution in [-0.2, 0) is 4.79 Å². The third kappa shape index (κ3) is 5.43. The van der Waals surface area contributed by atoms with Gasteiger partial charge in [-0.1, -0.05) is 0 Å². The number of carbonyl (C=O) groups excluding carboxylic acids is 1. The van der Waals surface area contributed by atoms with E-state index in [1.807, 2.05) is 0 Å². The number of nitrogens with one attached hydrogen (secondary N) is 1. The van der Waals surface area contributed by atoms with Crippen LogP contribution >= 0.6 is 0 Å². The van der Waals surface area contributed by atoms with Crippen molar-refractivity contribution in [2.75, 3.05) is 0 Å². The van der Waals surface area contributed by atoms with E-state index in [1.54, 1.807) is 6.92 Å². The predicted octanol–water partition coefficient (Wildman–Crippen LogP) is -0.467. The molecule has 0 bridgehead atoms. The molecule has 7 heavy (non-hydrogen) atoms. The number of carbonyl (C=O) groups is 1. The van der Waals surface area contributed by atoms with Crippen molar-refractivity contribution in [1.29, 1.82) is 0 Å². The summed E-state index contributed by atoms with van der Waals surface area (Å²) in [7, 11) is 0. The standard InChI is InChI=1S/C4H9N2O/c1-3(5)2-4(6)7/h3,6H,2,5H2,1H3. The molecule has 0 aromatic carbocycles. The third-order valence-electron chi connectivity index (χ3n) is 0.507. The molecule has 1 unspecified atom stereocenters. The summed E-state index contributed by atoms with van der Waals surface area (Å²) in [4.78, 5) is 9.84. The second-order valence-corrected chi connectivity index (χ2v) is 1.60. The molecule has 3 N–H and O–H groups in total. The summed E-state index contributed by atoms with van der Waals surface area (Å²) in [5.41, 5.74) is 11.5. The van der Waals surface area contributed by atoms with Crippen molar-refractivity contribution in [1.82, 2.24) is 5.73 Å². The van der Waals surface area contributed by atoms with E-state index in [0.717, 1.165) is 0 Å². The van der Waals surface area contributed by atoms with Crippen LogP contribution < -0.4 is 11.5 Å². The summed E-state index contributed by atoms with van der Waals surface area (Å²) in [5.74, 6) is -0.588. The molecule has 0 aliphatic rings. The van der Waals surface area contributed by atoms with Gasteiger partial charge in [-0.2, -0.15) is 0 Å². The van der Waals surface area contributed by atoms with Crippen molar-refractivity contribution in [3.05, 3.63) is 0 Å². The maximum atomic E-state index is 9.84. The van der Waals surface area contributed by atoms with Gasteiger partial charge in [0.1, 0.15) is 0 Å².